The highest BCUT2D eigenvalue weighted by atomic mass is 16.2. The zero-order valence-electron chi connectivity index (χ0n) is 17.0. The van der Waals surface area contributed by atoms with Gasteiger partial charge in [-0.25, -0.2) is 4.68 Å². The van der Waals surface area contributed by atoms with Crippen molar-refractivity contribution >= 4 is 23.4 Å². The average molecular weight is 404 g/mol. The second kappa shape index (κ2) is 7.88. The molecule has 4 aromatic rings. The van der Waals surface area contributed by atoms with E-state index in [4.69, 9.17) is 5.10 Å². The number of hydrogen-bond acceptors (Lipinski definition) is 3. The lowest BCUT2D eigenvalue weighted by Crippen LogP contribution is -2.21. The molecule has 2 heterocycles. The van der Waals surface area contributed by atoms with Crippen molar-refractivity contribution in [2.24, 2.45) is 5.10 Å². The van der Waals surface area contributed by atoms with Gasteiger partial charge in [-0.3, -0.25) is 4.79 Å². The van der Waals surface area contributed by atoms with Gasteiger partial charge < -0.3 is 0 Å². The summed E-state index contributed by atoms with van der Waals surface area (Å²) in [5, 5.41) is 10.8. The van der Waals surface area contributed by atoms with E-state index < -0.39 is 0 Å². The molecular formula is C26H20N4O. The standard InChI is InChI=1S/C26H20N4O/c1-19-24(26(31)30(27-19)23-15-9-4-10-16-23)17-21-18-29(22-13-7-3-8-14-22)28-25(21)20-11-5-2-6-12-20/h2-18H,1H3/b24-17+. The number of carbonyl (C=O) groups is 1. The van der Waals surface area contributed by atoms with Crippen LogP contribution in [0.5, 0.6) is 0 Å². The van der Waals surface area contributed by atoms with Crippen LogP contribution in [-0.2, 0) is 4.79 Å². The second-order valence-electron chi connectivity index (χ2n) is 7.28. The lowest BCUT2D eigenvalue weighted by molar-refractivity contribution is -0.114. The number of rotatable bonds is 4. The summed E-state index contributed by atoms with van der Waals surface area (Å²) >= 11 is 0. The summed E-state index contributed by atoms with van der Waals surface area (Å²) in [7, 11) is 0. The molecule has 1 aliphatic rings. The van der Waals surface area contributed by atoms with E-state index in [0.29, 0.717) is 11.3 Å². The maximum atomic E-state index is 13.2. The summed E-state index contributed by atoms with van der Waals surface area (Å²) in [5.41, 5.74) is 5.62. The van der Waals surface area contributed by atoms with Gasteiger partial charge in [-0.15, -0.1) is 0 Å². The predicted molar refractivity (Wildman–Crippen MR) is 124 cm³/mol. The number of hydrazone groups is 1. The first-order valence-corrected chi connectivity index (χ1v) is 10.1. The number of anilines is 1. The summed E-state index contributed by atoms with van der Waals surface area (Å²) < 4.78 is 1.84. The first-order chi connectivity index (χ1) is 15.2. The minimum Gasteiger partial charge on any atom is -0.267 e. The van der Waals surface area contributed by atoms with Gasteiger partial charge in [0.15, 0.2) is 0 Å². The van der Waals surface area contributed by atoms with E-state index in [9.17, 15) is 4.79 Å². The molecule has 0 unspecified atom stereocenters. The van der Waals surface area contributed by atoms with Gasteiger partial charge in [-0.1, -0.05) is 66.7 Å². The number of aromatic nitrogens is 2. The maximum Gasteiger partial charge on any atom is 0.280 e. The molecule has 0 N–H and O–H groups in total. The predicted octanol–water partition coefficient (Wildman–Crippen LogP) is 5.35. The van der Waals surface area contributed by atoms with E-state index in [2.05, 4.69) is 5.10 Å². The van der Waals surface area contributed by atoms with E-state index in [1.54, 1.807) is 0 Å². The Morgan fingerprint density at radius 3 is 2.00 bits per heavy atom. The highest BCUT2D eigenvalue weighted by molar-refractivity contribution is 6.32. The third-order valence-electron chi connectivity index (χ3n) is 5.17. The van der Waals surface area contributed by atoms with Crippen molar-refractivity contribution in [1.29, 1.82) is 0 Å². The van der Waals surface area contributed by atoms with E-state index in [0.717, 1.165) is 28.2 Å². The van der Waals surface area contributed by atoms with Crippen LogP contribution in [0.1, 0.15) is 12.5 Å². The molecule has 0 saturated carbocycles. The van der Waals surface area contributed by atoms with Crippen LogP contribution in [0.3, 0.4) is 0 Å². The number of hydrogen-bond donors (Lipinski definition) is 0. The van der Waals surface area contributed by atoms with Gasteiger partial charge in [0.05, 0.1) is 28.4 Å². The topological polar surface area (TPSA) is 50.5 Å². The van der Waals surface area contributed by atoms with Crippen LogP contribution >= 0.6 is 0 Å². The van der Waals surface area contributed by atoms with Crippen LogP contribution in [0, 0.1) is 0 Å². The summed E-state index contributed by atoms with van der Waals surface area (Å²) in [6, 6.07) is 29.4. The summed E-state index contributed by atoms with van der Waals surface area (Å²) in [5.74, 6) is -0.143. The van der Waals surface area contributed by atoms with Crippen molar-refractivity contribution < 1.29 is 4.79 Å². The molecular weight excluding hydrogens is 384 g/mol. The average Bonchev–Trinajstić information content (AvgIpc) is 3.37. The number of carbonyl (C=O) groups excluding carboxylic acids is 1. The quantitative estimate of drug-likeness (QED) is 0.431. The molecule has 31 heavy (non-hydrogen) atoms. The van der Waals surface area contributed by atoms with Gasteiger partial charge in [-0.05, 0) is 37.3 Å². The molecule has 1 aliphatic heterocycles. The fraction of sp³-hybridized carbons (Fsp3) is 0.0385. The van der Waals surface area contributed by atoms with Crippen LogP contribution in [0.25, 0.3) is 23.0 Å². The van der Waals surface area contributed by atoms with Gasteiger partial charge in [0.2, 0.25) is 0 Å². The molecule has 5 rings (SSSR count). The molecule has 0 bridgehead atoms. The van der Waals surface area contributed by atoms with Crippen molar-refractivity contribution in [3.8, 4) is 16.9 Å². The lowest BCUT2D eigenvalue weighted by Gasteiger charge is -2.11. The molecule has 0 atom stereocenters. The number of nitrogens with zero attached hydrogens (tertiary/aromatic N) is 4. The zero-order valence-corrected chi connectivity index (χ0v) is 17.0. The fourth-order valence-corrected chi connectivity index (χ4v) is 3.61. The summed E-state index contributed by atoms with van der Waals surface area (Å²) in [4.78, 5) is 13.2. The highest BCUT2D eigenvalue weighted by Gasteiger charge is 2.29. The first kappa shape index (κ1) is 18.8. The summed E-state index contributed by atoms with van der Waals surface area (Å²) in [6.45, 7) is 1.86. The van der Waals surface area contributed by atoms with Crippen molar-refractivity contribution in [3.05, 3.63) is 108 Å². The van der Waals surface area contributed by atoms with Gasteiger partial charge in [0.25, 0.3) is 5.91 Å². The Kier molecular flexibility index (Phi) is 4.77. The van der Waals surface area contributed by atoms with Gasteiger partial charge in [0, 0.05) is 17.3 Å². The van der Waals surface area contributed by atoms with Crippen LogP contribution < -0.4 is 5.01 Å². The highest BCUT2D eigenvalue weighted by Crippen LogP contribution is 2.29. The normalized spacial score (nSPS) is 14.9. The first-order valence-electron chi connectivity index (χ1n) is 10.1. The third kappa shape index (κ3) is 3.57. The van der Waals surface area contributed by atoms with E-state index in [1.807, 2.05) is 115 Å². The Morgan fingerprint density at radius 2 is 1.35 bits per heavy atom. The van der Waals surface area contributed by atoms with Gasteiger partial charge >= 0.3 is 0 Å². The van der Waals surface area contributed by atoms with E-state index >= 15 is 0 Å². The molecule has 1 aromatic heterocycles. The lowest BCUT2D eigenvalue weighted by atomic mass is 10.0. The molecule has 5 heteroatoms. The number of para-hydroxylation sites is 2. The Balaban J connectivity index is 1.60. The Hall–Kier alpha value is -4.25. The SMILES string of the molecule is CC1=NN(c2ccccc2)C(=O)/C1=C/c1cn(-c2ccccc2)nc1-c1ccccc1. The third-order valence-corrected chi connectivity index (χ3v) is 5.17. The molecule has 0 saturated heterocycles. The summed E-state index contributed by atoms with van der Waals surface area (Å²) in [6.07, 6.45) is 3.84. The molecule has 0 radical (unpaired) electrons. The Morgan fingerprint density at radius 1 is 0.774 bits per heavy atom. The van der Waals surface area contributed by atoms with Crippen molar-refractivity contribution in [3.63, 3.8) is 0 Å². The largest absolute Gasteiger partial charge is 0.280 e. The van der Waals surface area contributed by atoms with Gasteiger partial charge in [0.1, 0.15) is 0 Å². The Labute approximate surface area is 180 Å². The molecule has 0 fully saturated rings. The van der Waals surface area contributed by atoms with E-state index in [-0.39, 0.29) is 5.91 Å². The smallest absolute Gasteiger partial charge is 0.267 e. The minimum absolute atomic E-state index is 0.143. The van der Waals surface area contributed by atoms with Crippen molar-refractivity contribution in [2.75, 3.05) is 5.01 Å². The molecule has 3 aromatic carbocycles. The van der Waals surface area contributed by atoms with Crippen molar-refractivity contribution in [2.45, 2.75) is 6.92 Å². The van der Waals surface area contributed by atoms with Crippen molar-refractivity contribution in [1.82, 2.24) is 9.78 Å². The second-order valence-corrected chi connectivity index (χ2v) is 7.28. The fourth-order valence-electron chi connectivity index (χ4n) is 3.61. The van der Waals surface area contributed by atoms with Crippen LogP contribution in [0.15, 0.2) is 108 Å². The number of amides is 1. The molecule has 150 valence electrons. The molecule has 1 amide bonds. The van der Waals surface area contributed by atoms with Crippen LogP contribution in [-0.4, -0.2) is 21.4 Å². The molecule has 0 spiro atoms. The van der Waals surface area contributed by atoms with Gasteiger partial charge in [-0.2, -0.15) is 15.2 Å². The van der Waals surface area contributed by atoms with Crippen LogP contribution in [0.4, 0.5) is 5.69 Å². The van der Waals surface area contributed by atoms with Crippen LogP contribution in [0.2, 0.25) is 0 Å². The minimum atomic E-state index is -0.143. The Bertz CT molecular complexity index is 1290. The zero-order chi connectivity index (χ0) is 21.2. The monoisotopic (exact) mass is 404 g/mol. The number of benzene rings is 3. The van der Waals surface area contributed by atoms with E-state index in [1.165, 1.54) is 5.01 Å². The molecule has 5 nitrogen and oxygen atoms in total. The molecule has 0 aliphatic carbocycles. The maximum absolute atomic E-state index is 13.2.